The van der Waals surface area contributed by atoms with Crippen LogP contribution in [0.2, 0.25) is 10.0 Å². The van der Waals surface area contributed by atoms with Crippen LogP contribution in [0.1, 0.15) is 18.4 Å². The van der Waals surface area contributed by atoms with Crippen molar-refractivity contribution in [1.82, 2.24) is 0 Å². The summed E-state index contributed by atoms with van der Waals surface area (Å²) in [5.74, 6) is -0.445. The summed E-state index contributed by atoms with van der Waals surface area (Å²) in [6.07, 6.45) is 2.36. The van der Waals surface area contributed by atoms with Gasteiger partial charge in [-0.15, -0.1) is 0 Å². The van der Waals surface area contributed by atoms with Crippen molar-refractivity contribution in [1.29, 1.82) is 0 Å². The van der Waals surface area contributed by atoms with E-state index in [-0.39, 0.29) is 21.6 Å². The third-order valence-corrected chi connectivity index (χ3v) is 6.24. The van der Waals surface area contributed by atoms with Gasteiger partial charge in [-0.25, -0.2) is 8.42 Å². The van der Waals surface area contributed by atoms with Crippen molar-refractivity contribution in [2.45, 2.75) is 19.8 Å². The average Bonchev–Trinajstić information content (AvgIpc) is 3.04. The second-order valence-electron chi connectivity index (χ2n) is 7.10. The first-order chi connectivity index (χ1) is 14.0. The smallest absolute Gasteiger partial charge is 0.245 e. The quantitative estimate of drug-likeness (QED) is 0.695. The number of nitrogens with one attached hydrogen (secondary N) is 1. The molecular weight excluding hydrogens is 449 g/mol. The van der Waals surface area contributed by atoms with Gasteiger partial charge in [0, 0.05) is 34.4 Å². The Bertz CT molecular complexity index is 1080. The van der Waals surface area contributed by atoms with Crippen LogP contribution < -0.4 is 14.5 Å². The average molecular weight is 470 g/mol. The Morgan fingerprint density at radius 1 is 1.17 bits per heavy atom. The number of carbonyl (C=O) groups excluding carboxylic acids is 2. The molecule has 1 heterocycles. The monoisotopic (exact) mass is 469 g/mol. The molecule has 0 aliphatic carbocycles. The van der Waals surface area contributed by atoms with Gasteiger partial charge in [0.2, 0.25) is 21.8 Å². The predicted molar refractivity (Wildman–Crippen MR) is 120 cm³/mol. The first kappa shape index (κ1) is 22.4. The van der Waals surface area contributed by atoms with Gasteiger partial charge in [0.05, 0.1) is 11.9 Å². The van der Waals surface area contributed by atoms with Gasteiger partial charge in [0.15, 0.2) is 0 Å². The van der Waals surface area contributed by atoms with Crippen molar-refractivity contribution >= 4 is 62.1 Å². The lowest BCUT2D eigenvalue weighted by atomic mass is 10.1. The molecule has 1 fully saturated rings. The number of halogens is 2. The van der Waals surface area contributed by atoms with E-state index in [4.69, 9.17) is 23.2 Å². The SMILES string of the molecule is Cc1cc(NC(=O)CN(c2cc(Cl)cc(Cl)c2)S(C)(=O)=O)ccc1N1CCCC1=O. The largest absolute Gasteiger partial charge is 0.325 e. The summed E-state index contributed by atoms with van der Waals surface area (Å²) >= 11 is 11.9. The van der Waals surface area contributed by atoms with Crippen molar-refractivity contribution in [2.24, 2.45) is 0 Å². The molecule has 2 amide bonds. The number of sulfonamides is 1. The molecule has 3 rings (SSSR count). The Morgan fingerprint density at radius 3 is 2.37 bits per heavy atom. The van der Waals surface area contributed by atoms with Gasteiger partial charge >= 0.3 is 0 Å². The Labute approximate surface area is 185 Å². The van der Waals surface area contributed by atoms with Gasteiger partial charge in [-0.1, -0.05) is 23.2 Å². The highest BCUT2D eigenvalue weighted by molar-refractivity contribution is 7.92. The predicted octanol–water partition coefficient (Wildman–Crippen LogP) is 3.83. The Morgan fingerprint density at radius 2 is 1.83 bits per heavy atom. The van der Waals surface area contributed by atoms with Crippen molar-refractivity contribution < 1.29 is 18.0 Å². The fourth-order valence-corrected chi connectivity index (χ4v) is 4.71. The van der Waals surface area contributed by atoms with Gasteiger partial charge in [0.25, 0.3) is 0 Å². The Hall–Kier alpha value is -2.29. The number of hydrogen-bond donors (Lipinski definition) is 1. The number of anilines is 3. The van der Waals surface area contributed by atoms with E-state index in [0.717, 1.165) is 28.2 Å². The van der Waals surface area contributed by atoms with Crippen LogP contribution in [0, 0.1) is 6.92 Å². The number of carbonyl (C=O) groups is 2. The minimum absolute atomic E-state index is 0.0823. The molecule has 30 heavy (non-hydrogen) atoms. The van der Waals surface area contributed by atoms with Crippen molar-refractivity contribution in [2.75, 3.05) is 33.9 Å². The summed E-state index contributed by atoms with van der Waals surface area (Å²) in [5, 5.41) is 3.22. The maximum Gasteiger partial charge on any atom is 0.245 e. The van der Waals surface area contributed by atoms with E-state index in [1.807, 2.05) is 6.92 Å². The number of rotatable bonds is 6. The van der Waals surface area contributed by atoms with Crippen LogP contribution in [0.3, 0.4) is 0 Å². The molecule has 1 N–H and O–H groups in total. The highest BCUT2D eigenvalue weighted by atomic mass is 35.5. The third kappa shape index (κ3) is 5.24. The van der Waals surface area contributed by atoms with Crippen molar-refractivity contribution in [3.05, 3.63) is 52.0 Å². The van der Waals surface area contributed by atoms with Crippen LogP contribution in [0.4, 0.5) is 17.1 Å². The van der Waals surface area contributed by atoms with E-state index in [1.54, 1.807) is 23.1 Å². The molecule has 1 aliphatic rings. The van der Waals surface area contributed by atoms with Crippen LogP contribution in [0.25, 0.3) is 0 Å². The summed E-state index contributed by atoms with van der Waals surface area (Å²) in [4.78, 5) is 26.3. The number of benzene rings is 2. The topological polar surface area (TPSA) is 86.8 Å². The molecule has 1 aliphatic heterocycles. The number of hydrogen-bond acceptors (Lipinski definition) is 4. The summed E-state index contributed by atoms with van der Waals surface area (Å²) in [5.41, 5.74) is 2.35. The van der Waals surface area contributed by atoms with Crippen LogP contribution in [-0.2, 0) is 19.6 Å². The summed E-state index contributed by atoms with van der Waals surface area (Å²) < 4.78 is 25.4. The van der Waals surface area contributed by atoms with Crippen molar-refractivity contribution in [3.63, 3.8) is 0 Å². The van der Waals surface area contributed by atoms with Crippen LogP contribution in [-0.4, -0.2) is 39.6 Å². The molecule has 0 saturated carbocycles. The number of amides is 2. The van der Waals surface area contributed by atoms with E-state index < -0.39 is 22.5 Å². The van der Waals surface area contributed by atoms with Crippen molar-refractivity contribution in [3.8, 4) is 0 Å². The van der Waals surface area contributed by atoms with Crippen LogP contribution in [0.15, 0.2) is 36.4 Å². The molecule has 1 saturated heterocycles. The van der Waals surface area contributed by atoms with E-state index in [1.165, 1.54) is 18.2 Å². The molecule has 2 aromatic rings. The fraction of sp³-hybridized carbons (Fsp3) is 0.300. The zero-order valence-electron chi connectivity index (χ0n) is 16.5. The van der Waals surface area contributed by atoms with Crippen LogP contribution >= 0.6 is 23.2 Å². The highest BCUT2D eigenvalue weighted by Crippen LogP contribution is 2.29. The second kappa shape index (κ2) is 8.83. The van der Waals surface area contributed by atoms with Gasteiger partial charge < -0.3 is 10.2 Å². The van der Waals surface area contributed by atoms with E-state index >= 15 is 0 Å². The fourth-order valence-electron chi connectivity index (χ4n) is 3.35. The zero-order valence-corrected chi connectivity index (χ0v) is 18.8. The van der Waals surface area contributed by atoms with E-state index in [2.05, 4.69) is 5.32 Å². The molecule has 7 nitrogen and oxygen atoms in total. The maximum atomic E-state index is 12.6. The molecule has 0 aromatic heterocycles. The third-order valence-electron chi connectivity index (χ3n) is 4.67. The first-order valence-electron chi connectivity index (χ1n) is 9.19. The number of aryl methyl sites for hydroxylation is 1. The van der Waals surface area contributed by atoms with Gasteiger partial charge in [-0.2, -0.15) is 0 Å². The molecule has 10 heteroatoms. The zero-order chi connectivity index (χ0) is 22.1. The molecule has 0 radical (unpaired) electrons. The lowest BCUT2D eigenvalue weighted by Crippen LogP contribution is -2.37. The Balaban J connectivity index is 1.77. The summed E-state index contributed by atoms with van der Waals surface area (Å²) in [7, 11) is -3.76. The summed E-state index contributed by atoms with van der Waals surface area (Å²) in [6, 6.07) is 9.54. The van der Waals surface area contributed by atoms with E-state index in [9.17, 15) is 18.0 Å². The molecular formula is C20H21Cl2N3O4S. The molecule has 0 spiro atoms. The summed E-state index contributed by atoms with van der Waals surface area (Å²) in [6.45, 7) is 2.09. The molecule has 0 atom stereocenters. The Kier molecular flexibility index (Phi) is 6.59. The van der Waals surface area contributed by atoms with Crippen LogP contribution in [0.5, 0.6) is 0 Å². The van der Waals surface area contributed by atoms with E-state index in [0.29, 0.717) is 18.7 Å². The lowest BCUT2D eigenvalue weighted by molar-refractivity contribution is -0.117. The maximum absolute atomic E-state index is 12.6. The van der Waals surface area contributed by atoms with Gasteiger partial charge in [0.1, 0.15) is 6.54 Å². The molecule has 0 bridgehead atoms. The molecule has 160 valence electrons. The normalized spacial score (nSPS) is 14.1. The highest BCUT2D eigenvalue weighted by Gasteiger charge is 2.24. The minimum Gasteiger partial charge on any atom is -0.325 e. The molecule has 0 unspecified atom stereocenters. The molecule has 2 aromatic carbocycles. The second-order valence-corrected chi connectivity index (χ2v) is 9.88. The first-order valence-corrected chi connectivity index (χ1v) is 11.8. The number of nitrogens with zero attached hydrogens (tertiary/aromatic N) is 2. The standard InChI is InChI=1S/C20H21Cl2N3O4S/c1-13-8-16(5-6-18(13)24-7-3-4-20(24)27)23-19(26)12-25(30(2,28)29)17-10-14(21)9-15(22)11-17/h5-6,8-11H,3-4,7,12H2,1-2H3,(H,23,26). The lowest BCUT2D eigenvalue weighted by Gasteiger charge is -2.23. The van der Waals surface area contributed by atoms with Gasteiger partial charge in [-0.3, -0.25) is 13.9 Å². The van der Waals surface area contributed by atoms with Gasteiger partial charge in [-0.05, 0) is 55.3 Å². The minimum atomic E-state index is -3.76.